The maximum atomic E-state index is 11.8. The minimum atomic E-state index is -0.259. The quantitative estimate of drug-likeness (QED) is 0.812. The van der Waals surface area contributed by atoms with Crippen molar-refractivity contribution in [3.63, 3.8) is 0 Å². The summed E-state index contributed by atoms with van der Waals surface area (Å²) in [5.74, 6) is 0.255. The Balaban J connectivity index is 2.25. The molecule has 0 unspecified atom stereocenters. The highest BCUT2D eigenvalue weighted by molar-refractivity contribution is 6.33. The number of hydrogen-bond donors (Lipinski definition) is 2. The normalized spacial score (nSPS) is 10.4. The predicted molar refractivity (Wildman–Crippen MR) is 80.9 cm³/mol. The summed E-state index contributed by atoms with van der Waals surface area (Å²) in [5, 5.41) is 5.92. The fourth-order valence-corrected chi connectivity index (χ4v) is 1.84. The van der Waals surface area contributed by atoms with E-state index in [0.29, 0.717) is 29.6 Å². The third-order valence-electron chi connectivity index (χ3n) is 2.80. The molecule has 0 atom stereocenters. The van der Waals surface area contributed by atoms with Gasteiger partial charge in [0.2, 0.25) is 5.91 Å². The monoisotopic (exact) mass is 296 g/mol. The summed E-state index contributed by atoms with van der Waals surface area (Å²) in [6.45, 7) is 5.19. The molecular formula is C15H21ClN2O2. The van der Waals surface area contributed by atoms with Crippen molar-refractivity contribution in [1.82, 2.24) is 10.6 Å². The second-order valence-electron chi connectivity index (χ2n) is 5.02. The van der Waals surface area contributed by atoms with Gasteiger partial charge in [0.15, 0.2) is 0 Å². The maximum Gasteiger partial charge on any atom is 0.252 e. The first-order chi connectivity index (χ1) is 9.50. The molecule has 0 fully saturated rings. The Kier molecular flexibility index (Phi) is 7.09. The van der Waals surface area contributed by atoms with Gasteiger partial charge in [0, 0.05) is 19.5 Å². The molecule has 0 radical (unpaired) electrons. The number of amides is 2. The molecule has 4 nitrogen and oxygen atoms in total. The molecule has 1 aromatic carbocycles. The Hall–Kier alpha value is -1.55. The van der Waals surface area contributed by atoms with Gasteiger partial charge in [0.05, 0.1) is 10.6 Å². The summed E-state index contributed by atoms with van der Waals surface area (Å²) in [7, 11) is 0. The lowest BCUT2D eigenvalue weighted by Crippen LogP contribution is -2.31. The zero-order valence-corrected chi connectivity index (χ0v) is 12.7. The van der Waals surface area contributed by atoms with Crippen LogP contribution >= 0.6 is 11.6 Å². The Morgan fingerprint density at radius 2 is 1.85 bits per heavy atom. The molecule has 0 aliphatic heterocycles. The van der Waals surface area contributed by atoms with Gasteiger partial charge in [-0.05, 0) is 24.5 Å². The van der Waals surface area contributed by atoms with E-state index in [2.05, 4.69) is 24.5 Å². The van der Waals surface area contributed by atoms with E-state index in [1.807, 2.05) is 0 Å². The third kappa shape index (κ3) is 6.06. The zero-order chi connectivity index (χ0) is 15.0. The van der Waals surface area contributed by atoms with Crippen LogP contribution in [0.3, 0.4) is 0 Å². The summed E-state index contributed by atoms with van der Waals surface area (Å²) >= 11 is 5.92. The van der Waals surface area contributed by atoms with E-state index in [4.69, 9.17) is 11.6 Å². The van der Waals surface area contributed by atoms with Crippen molar-refractivity contribution in [3.8, 4) is 0 Å². The maximum absolute atomic E-state index is 11.8. The first-order valence-corrected chi connectivity index (χ1v) is 7.18. The largest absolute Gasteiger partial charge is 0.356 e. The van der Waals surface area contributed by atoms with Crippen molar-refractivity contribution in [2.75, 3.05) is 13.1 Å². The topological polar surface area (TPSA) is 58.2 Å². The summed E-state index contributed by atoms with van der Waals surface area (Å²) in [4.78, 5) is 23.3. The molecule has 0 spiro atoms. The van der Waals surface area contributed by atoms with Crippen molar-refractivity contribution in [3.05, 3.63) is 34.9 Å². The molecule has 0 aliphatic rings. The fourth-order valence-electron chi connectivity index (χ4n) is 1.62. The lowest BCUT2D eigenvalue weighted by Gasteiger charge is -2.08. The van der Waals surface area contributed by atoms with Gasteiger partial charge in [-0.25, -0.2) is 0 Å². The Labute approximate surface area is 124 Å². The first kappa shape index (κ1) is 16.5. The molecule has 0 bridgehead atoms. The van der Waals surface area contributed by atoms with Gasteiger partial charge in [-0.3, -0.25) is 9.59 Å². The van der Waals surface area contributed by atoms with Crippen LogP contribution in [0.5, 0.6) is 0 Å². The highest BCUT2D eigenvalue weighted by Gasteiger charge is 2.09. The van der Waals surface area contributed by atoms with Crippen LogP contribution in [-0.4, -0.2) is 24.9 Å². The van der Waals surface area contributed by atoms with Gasteiger partial charge in [-0.2, -0.15) is 0 Å². The smallest absolute Gasteiger partial charge is 0.252 e. The van der Waals surface area contributed by atoms with E-state index < -0.39 is 0 Å². The SMILES string of the molecule is CC(C)CCNC(=O)CCNC(=O)c1ccccc1Cl. The highest BCUT2D eigenvalue weighted by atomic mass is 35.5. The van der Waals surface area contributed by atoms with E-state index in [-0.39, 0.29) is 18.2 Å². The first-order valence-electron chi connectivity index (χ1n) is 6.80. The molecule has 20 heavy (non-hydrogen) atoms. The summed E-state index contributed by atoms with van der Waals surface area (Å²) < 4.78 is 0. The minimum Gasteiger partial charge on any atom is -0.356 e. The van der Waals surface area contributed by atoms with Crippen molar-refractivity contribution in [2.45, 2.75) is 26.7 Å². The molecule has 0 aromatic heterocycles. The predicted octanol–water partition coefficient (Wildman–Crippen LogP) is 2.62. The number of hydrogen-bond acceptors (Lipinski definition) is 2. The summed E-state index contributed by atoms with van der Waals surface area (Å²) in [5.41, 5.74) is 0.425. The van der Waals surface area contributed by atoms with Crippen LogP contribution < -0.4 is 10.6 Å². The second kappa shape index (κ2) is 8.59. The fraction of sp³-hybridized carbons (Fsp3) is 0.467. The van der Waals surface area contributed by atoms with Crippen LogP contribution in [-0.2, 0) is 4.79 Å². The molecule has 2 amide bonds. The molecule has 0 aliphatic carbocycles. The number of benzene rings is 1. The molecule has 2 N–H and O–H groups in total. The number of halogens is 1. The molecular weight excluding hydrogens is 276 g/mol. The summed E-state index contributed by atoms with van der Waals surface area (Å²) in [6, 6.07) is 6.83. The standard InChI is InChI=1S/C15H21ClN2O2/c1-11(2)7-9-17-14(19)8-10-18-15(20)12-5-3-4-6-13(12)16/h3-6,11H,7-10H2,1-2H3,(H,17,19)(H,18,20). The zero-order valence-electron chi connectivity index (χ0n) is 11.9. The molecule has 0 saturated heterocycles. The molecule has 1 rings (SSSR count). The van der Waals surface area contributed by atoms with Gasteiger partial charge in [0.25, 0.3) is 5.91 Å². The van der Waals surface area contributed by atoms with Crippen molar-refractivity contribution in [2.24, 2.45) is 5.92 Å². The summed E-state index contributed by atoms with van der Waals surface area (Å²) in [6.07, 6.45) is 1.23. The lowest BCUT2D eigenvalue weighted by molar-refractivity contribution is -0.120. The van der Waals surface area contributed by atoms with Crippen LogP contribution in [0, 0.1) is 5.92 Å². The molecule has 5 heteroatoms. The van der Waals surface area contributed by atoms with E-state index in [9.17, 15) is 9.59 Å². The number of carbonyl (C=O) groups excluding carboxylic acids is 2. The van der Waals surface area contributed by atoms with E-state index in [1.54, 1.807) is 24.3 Å². The molecule has 0 heterocycles. The number of carbonyl (C=O) groups is 2. The van der Waals surface area contributed by atoms with E-state index in [0.717, 1.165) is 6.42 Å². The van der Waals surface area contributed by atoms with Crippen LogP contribution in [0.1, 0.15) is 37.0 Å². The second-order valence-corrected chi connectivity index (χ2v) is 5.43. The molecule has 0 saturated carbocycles. The minimum absolute atomic E-state index is 0.0508. The van der Waals surface area contributed by atoms with Crippen LogP contribution in [0.4, 0.5) is 0 Å². The van der Waals surface area contributed by atoms with E-state index in [1.165, 1.54) is 0 Å². The van der Waals surface area contributed by atoms with Crippen LogP contribution in [0.25, 0.3) is 0 Å². The highest BCUT2D eigenvalue weighted by Crippen LogP contribution is 2.14. The van der Waals surface area contributed by atoms with Crippen molar-refractivity contribution in [1.29, 1.82) is 0 Å². The average Bonchev–Trinajstić information content (AvgIpc) is 2.38. The van der Waals surface area contributed by atoms with Crippen molar-refractivity contribution < 1.29 is 9.59 Å². The molecule has 110 valence electrons. The number of rotatable bonds is 7. The van der Waals surface area contributed by atoms with Gasteiger partial charge in [0.1, 0.15) is 0 Å². The van der Waals surface area contributed by atoms with Crippen LogP contribution in [0.15, 0.2) is 24.3 Å². The van der Waals surface area contributed by atoms with Gasteiger partial charge in [-0.1, -0.05) is 37.6 Å². The van der Waals surface area contributed by atoms with Gasteiger partial charge < -0.3 is 10.6 Å². The lowest BCUT2D eigenvalue weighted by atomic mass is 10.1. The van der Waals surface area contributed by atoms with E-state index >= 15 is 0 Å². The Morgan fingerprint density at radius 3 is 2.50 bits per heavy atom. The number of nitrogens with one attached hydrogen (secondary N) is 2. The average molecular weight is 297 g/mol. The van der Waals surface area contributed by atoms with Gasteiger partial charge >= 0.3 is 0 Å². The Bertz CT molecular complexity index is 461. The molecule has 1 aromatic rings. The Morgan fingerprint density at radius 1 is 1.15 bits per heavy atom. The third-order valence-corrected chi connectivity index (χ3v) is 3.13. The van der Waals surface area contributed by atoms with Crippen LogP contribution in [0.2, 0.25) is 5.02 Å². The van der Waals surface area contributed by atoms with Crippen molar-refractivity contribution >= 4 is 23.4 Å². The van der Waals surface area contributed by atoms with Gasteiger partial charge in [-0.15, -0.1) is 0 Å².